The van der Waals surface area contributed by atoms with Crippen molar-refractivity contribution in [1.82, 2.24) is 0 Å². The van der Waals surface area contributed by atoms with Gasteiger partial charge in [-0.2, -0.15) is 0 Å². The predicted octanol–water partition coefficient (Wildman–Crippen LogP) is 4.66. The van der Waals surface area contributed by atoms with Gasteiger partial charge in [0.2, 0.25) is 0 Å². The molecule has 3 aromatic carbocycles. The number of ether oxygens (including phenoxy) is 2. The smallest absolute Gasteiger partial charge is 0.198 e. The predicted molar refractivity (Wildman–Crippen MR) is 117 cm³/mol. The van der Waals surface area contributed by atoms with Crippen LogP contribution in [0.25, 0.3) is 0 Å². The summed E-state index contributed by atoms with van der Waals surface area (Å²) in [5.74, 6) is -0.738. The van der Waals surface area contributed by atoms with Gasteiger partial charge < -0.3 is 9.47 Å². The Kier molecular flexibility index (Phi) is 5.42. The van der Waals surface area contributed by atoms with Crippen molar-refractivity contribution in [3.05, 3.63) is 93.5 Å². The lowest BCUT2D eigenvalue weighted by Gasteiger charge is -2.23. The molecular weight excluding hydrogens is 392 g/mol. The van der Waals surface area contributed by atoms with Crippen LogP contribution in [0.1, 0.15) is 66.7 Å². The van der Waals surface area contributed by atoms with E-state index >= 15 is 0 Å². The molecule has 1 aliphatic carbocycles. The maximum absolute atomic E-state index is 13.4. The fourth-order valence-corrected chi connectivity index (χ4v) is 4.04. The molecule has 0 unspecified atom stereocenters. The summed E-state index contributed by atoms with van der Waals surface area (Å²) in [4.78, 5) is 39.9. The Morgan fingerprint density at radius 2 is 1.45 bits per heavy atom. The minimum Gasteiger partial charge on any atom is -0.496 e. The van der Waals surface area contributed by atoms with Crippen molar-refractivity contribution in [2.24, 2.45) is 0 Å². The molecule has 0 aromatic heterocycles. The Labute approximate surface area is 180 Å². The lowest BCUT2D eigenvalue weighted by atomic mass is 9.81. The van der Waals surface area contributed by atoms with Crippen LogP contribution in [0.3, 0.4) is 0 Å². The summed E-state index contributed by atoms with van der Waals surface area (Å²) < 4.78 is 11.0. The number of fused-ring (bicyclic) bond motifs is 2. The van der Waals surface area contributed by atoms with E-state index in [9.17, 15) is 14.4 Å². The third kappa shape index (κ3) is 3.32. The highest BCUT2D eigenvalue weighted by Crippen LogP contribution is 2.41. The third-order valence-corrected chi connectivity index (χ3v) is 5.54. The maximum Gasteiger partial charge on any atom is 0.198 e. The van der Waals surface area contributed by atoms with Gasteiger partial charge >= 0.3 is 0 Å². The maximum atomic E-state index is 13.4. The van der Waals surface area contributed by atoms with Crippen molar-refractivity contribution in [3.63, 3.8) is 0 Å². The third-order valence-electron chi connectivity index (χ3n) is 5.54. The first-order chi connectivity index (χ1) is 15.0. The van der Waals surface area contributed by atoms with Crippen LogP contribution < -0.4 is 9.47 Å². The topological polar surface area (TPSA) is 69.7 Å². The fraction of sp³-hybridized carbons (Fsp3) is 0.192. The van der Waals surface area contributed by atoms with Gasteiger partial charge in [0.1, 0.15) is 11.5 Å². The summed E-state index contributed by atoms with van der Waals surface area (Å²) >= 11 is 0. The molecule has 0 amide bonds. The number of benzene rings is 3. The molecule has 0 saturated heterocycles. The zero-order chi connectivity index (χ0) is 22.1. The highest BCUT2D eigenvalue weighted by Gasteiger charge is 2.37. The molecule has 4 rings (SSSR count). The second-order valence-corrected chi connectivity index (χ2v) is 7.39. The normalized spacial score (nSPS) is 12.2. The first-order valence-electron chi connectivity index (χ1n) is 10.1. The van der Waals surface area contributed by atoms with Gasteiger partial charge in [-0.1, -0.05) is 61.9 Å². The van der Waals surface area contributed by atoms with Crippen LogP contribution in [-0.4, -0.2) is 31.6 Å². The largest absolute Gasteiger partial charge is 0.496 e. The minimum atomic E-state index is -0.367. The van der Waals surface area contributed by atoms with Gasteiger partial charge in [0.25, 0.3) is 0 Å². The number of carbonyl (C=O) groups excluding carboxylic acids is 3. The molecule has 5 heteroatoms. The molecule has 156 valence electrons. The Balaban J connectivity index is 1.91. The molecular formula is C26H22O5. The molecule has 0 radical (unpaired) electrons. The van der Waals surface area contributed by atoms with Gasteiger partial charge in [0, 0.05) is 16.7 Å². The van der Waals surface area contributed by atoms with Crippen molar-refractivity contribution in [3.8, 4) is 11.5 Å². The lowest BCUT2D eigenvalue weighted by molar-refractivity contribution is 0.0972. The molecule has 0 spiro atoms. The highest BCUT2D eigenvalue weighted by atomic mass is 16.5. The Bertz CT molecular complexity index is 1210. The van der Waals surface area contributed by atoms with Crippen LogP contribution in [-0.2, 0) is 6.42 Å². The Hall–Kier alpha value is -3.73. The number of hydrogen-bond acceptors (Lipinski definition) is 5. The molecule has 1 aliphatic rings. The van der Waals surface area contributed by atoms with Crippen LogP contribution in [0.2, 0.25) is 0 Å². The summed E-state index contributed by atoms with van der Waals surface area (Å²) in [6.07, 6.45) is 1.95. The van der Waals surface area contributed by atoms with Crippen molar-refractivity contribution < 1.29 is 23.9 Å². The van der Waals surface area contributed by atoms with E-state index in [1.807, 2.05) is 12.1 Å². The van der Waals surface area contributed by atoms with Gasteiger partial charge in [-0.25, -0.2) is 0 Å². The highest BCUT2D eigenvalue weighted by molar-refractivity contribution is 6.31. The number of rotatable bonds is 6. The van der Waals surface area contributed by atoms with Crippen molar-refractivity contribution in [2.75, 3.05) is 14.2 Å². The average molecular weight is 414 g/mol. The monoisotopic (exact) mass is 414 g/mol. The minimum absolute atomic E-state index is 0.0662. The Morgan fingerprint density at radius 1 is 0.839 bits per heavy atom. The summed E-state index contributed by atoms with van der Waals surface area (Å²) in [5.41, 5.74) is 2.58. The molecule has 0 bridgehead atoms. The zero-order valence-corrected chi connectivity index (χ0v) is 17.7. The van der Waals surface area contributed by atoms with E-state index in [0.29, 0.717) is 11.1 Å². The van der Waals surface area contributed by atoms with E-state index in [4.69, 9.17) is 9.47 Å². The fourth-order valence-electron chi connectivity index (χ4n) is 4.04. The van der Waals surface area contributed by atoms with Crippen LogP contribution in [0, 0.1) is 0 Å². The second kappa shape index (κ2) is 8.19. The van der Waals surface area contributed by atoms with E-state index in [0.717, 1.165) is 18.4 Å². The average Bonchev–Trinajstić information content (AvgIpc) is 2.81. The zero-order valence-electron chi connectivity index (χ0n) is 17.7. The molecule has 0 heterocycles. The number of methoxy groups -OCH3 is 2. The molecule has 0 fully saturated rings. The van der Waals surface area contributed by atoms with Crippen molar-refractivity contribution in [1.29, 1.82) is 0 Å². The van der Waals surface area contributed by atoms with Gasteiger partial charge in [-0.15, -0.1) is 0 Å². The molecule has 0 aliphatic heterocycles. The standard InChI is InChI=1S/C26H22O5/c1-4-7-15-10-12-16(13-11-15)23(27)19-14-20(30-2)21-22(26(19)31-3)25(29)18-9-6-5-8-17(18)24(21)28/h5-6,8-14H,4,7H2,1-3H3. The first-order valence-corrected chi connectivity index (χ1v) is 10.1. The molecule has 0 saturated carbocycles. The number of hydrogen-bond donors (Lipinski definition) is 0. The van der Waals surface area contributed by atoms with Crippen molar-refractivity contribution in [2.45, 2.75) is 19.8 Å². The summed E-state index contributed by atoms with van der Waals surface area (Å²) in [6.45, 7) is 2.10. The first kappa shape index (κ1) is 20.5. The van der Waals surface area contributed by atoms with E-state index in [1.165, 1.54) is 20.3 Å². The molecule has 0 N–H and O–H groups in total. The van der Waals surface area contributed by atoms with Crippen LogP contribution in [0.4, 0.5) is 0 Å². The number of ketones is 3. The summed E-state index contributed by atoms with van der Waals surface area (Å²) in [5, 5.41) is 0. The van der Waals surface area contributed by atoms with Gasteiger partial charge in [-0.3, -0.25) is 14.4 Å². The van der Waals surface area contributed by atoms with Gasteiger partial charge in [0.15, 0.2) is 17.3 Å². The van der Waals surface area contributed by atoms with E-state index in [2.05, 4.69) is 6.92 Å². The summed E-state index contributed by atoms with van der Waals surface area (Å²) in [6, 6.07) is 15.5. The molecule has 3 aromatic rings. The Morgan fingerprint density at radius 3 is 2.00 bits per heavy atom. The van der Waals surface area contributed by atoms with Crippen LogP contribution in [0.15, 0.2) is 54.6 Å². The molecule has 5 nitrogen and oxygen atoms in total. The lowest BCUT2D eigenvalue weighted by Crippen LogP contribution is -2.24. The molecule has 0 atom stereocenters. The van der Waals surface area contributed by atoms with Crippen LogP contribution in [0.5, 0.6) is 11.5 Å². The van der Waals surface area contributed by atoms with E-state index in [1.54, 1.807) is 36.4 Å². The summed E-state index contributed by atoms with van der Waals surface area (Å²) in [7, 11) is 2.80. The quantitative estimate of drug-likeness (QED) is 0.429. The van der Waals surface area contributed by atoms with E-state index < -0.39 is 0 Å². The number of carbonyl (C=O) groups is 3. The molecule has 31 heavy (non-hydrogen) atoms. The van der Waals surface area contributed by atoms with E-state index in [-0.39, 0.29) is 51.1 Å². The SMILES string of the molecule is CCCc1ccc(C(=O)c2cc(OC)c3c(c2OC)C(=O)c2ccccc2C3=O)cc1. The van der Waals surface area contributed by atoms with Gasteiger partial charge in [0.05, 0.1) is 30.9 Å². The van der Waals surface area contributed by atoms with Crippen molar-refractivity contribution >= 4 is 17.3 Å². The van der Waals surface area contributed by atoms with Crippen LogP contribution >= 0.6 is 0 Å². The number of aryl methyl sites for hydroxylation is 1. The second-order valence-electron chi connectivity index (χ2n) is 7.39. The van der Waals surface area contributed by atoms with Gasteiger partial charge in [-0.05, 0) is 18.1 Å².